The Balaban J connectivity index is 0.00000274. The largest absolute Gasteiger partial charge is 0.483 e. The highest BCUT2D eigenvalue weighted by molar-refractivity contribution is 6.10. The molecule has 0 unspecified atom stereocenters. The molecular formula is C25H32ClN5O3. The second-order valence-electron chi connectivity index (χ2n) is 9.53. The molecule has 0 aliphatic carbocycles. The topological polar surface area (TPSA) is 80.6 Å². The Morgan fingerprint density at radius 2 is 2.00 bits per heavy atom. The van der Waals surface area contributed by atoms with E-state index in [0.29, 0.717) is 18.9 Å². The number of aliphatic hydroxyl groups excluding tert-OH is 1. The first-order valence-corrected chi connectivity index (χ1v) is 11.4. The highest BCUT2D eigenvalue weighted by Crippen LogP contribution is 2.46. The van der Waals surface area contributed by atoms with Crippen LogP contribution in [0.25, 0.3) is 11.1 Å². The van der Waals surface area contributed by atoms with Crippen LogP contribution in [0.2, 0.25) is 0 Å². The van der Waals surface area contributed by atoms with Crippen LogP contribution in [0, 0.1) is 0 Å². The monoisotopic (exact) mass is 485 g/mol. The van der Waals surface area contributed by atoms with Crippen LogP contribution in [-0.2, 0) is 11.2 Å². The number of amidine groups is 1. The normalized spacial score (nSPS) is 20.6. The van der Waals surface area contributed by atoms with Crippen LogP contribution in [0.5, 0.6) is 5.75 Å². The zero-order valence-corrected chi connectivity index (χ0v) is 20.9. The Hall–Kier alpha value is -2.81. The molecule has 2 aromatic rings. The number of hydrazone groups is 1. The summed E-state index contributed by atoms with van der Waals surface area (Å²) in [6.45, 7) is 6.47. The summed E-state index contributed by atoms with van der Waals surface area (Å²) in [5.41, 5.74) is 7.73. The molecule has 3 aliphatic rings. The van der Waals surface area contributed by atoms with Crippen molar-refractivity contribution in [2.24, 2.45) is 5.10 Å². The van der Waals surface area contributed by atoms with E-state index >= 15 is 0 Å². The van der Waals surface area contributed by atoms with Crippen molar-refractivity contribution in [3.05, 3.63) is 42.0 Å². The number of aliphatic hydroxyl groups is 1. The summed E-state index contributed by atoms with van der Waals surface area (Å²) >= 11 is 0. The van der Waals surface area contributed by atoms with Crippen LogP contribution in [0.4, 0.5) is 11.4 Å². The second-order valence-corrected chi connectivity index (χ2v) is 9.53. The maximum atomic E-state index is 12.4. The fourth-order valence-electron chi connectivity index (χ4n) is 5.30. The molecule has 3 heterocycles. The van der Waals surface area contributed by atoms with Crippen LogP contribution < -0.4 is 20.0 Å². The zero-order valence-electron chi connectivity index (χ0n) is 20.0. The summed E-state index contributed by atoms with van der Waals surface area (Å²) in [7, 11) is 4.27. The summed E-state index contributed by atoms with van der Waals surface area (Å²) in [6.07, 6.45) is 0.581. The van der Waals surface area contributed by atoms with E-state index in [1.807, 2.05) is 24.0 Å². The Bertz CT molecular complexity index is 1130. The highest BCUT2D eigenvalue weighted by Gasteiger charge is 2.42. The molecule has 0 radical (unpaired) electrons. The van der Waals surface area contributed by atoms with Crippen molar-refractivity contribution in [3.8, 4) is 16.9 Å². The number of nitrogens with zero attached hydrogens (tertiary/aromatic N) is 4. The van der Waals surface area contributed by atoms with E-state index in [9.17, 15) is 9.90 Å². The number of fused-ring (bicyclic) bond motifs is 3. The molecule has 9 heteroatoms. The van der Waals surface area contributed by atoms with Crippen LogP contribution in [0.1, 0.15) is 19.4 Å². The van der Waals surface area contributed by atoms with Crippen molar-refractivity contribution in [2.75, 3.05) is 50.2 Å². The standard InChI is InChI=1S/C25H31N5O3.ClH/c1-16-24(32)27-26-23-13-33-22-11-19(18-8-6-5-7-17(18)9-10-31)20(12-21(22)30(16)23)29(4)25(2)14-28(3)15-25;/h5-8,11-12,16,31H,9-10,13-15H2,1-4H3,(H,27,32);1H/t16-;/m1./s1. The van der Waals surface area contributed by atoms with Gasteiger partial charge in [-0.05, 0) is 50.6 Å². The van der Waals surface area contributed by atoms with Gasteiger partial charge in [-0.2, -0.15) is 5.10 Å². The van der Waals surface area contributed by atoms with Gasteiger partial charge in [-0.3, -0.25) is 4.79 Å². The second kappa shape index (κ2) is 9.09. The molecule has 2 N–H and O–H groups in total. The Morgan fingerprint density at radius 1 is 1.26 bits per heavy atom. The molecule has 0 aromatic heterocycles. The van der Waals surface area contributed by atoms with Crippen LogP contribution in [0.3, 0.4) is 0 Å². The smallest absolute Gasteiger partial charge is 0.262 e. The van der Waals surface area contributed by atoms with E-state index in [4.69, 9.17) is 4.74 Å². The molecule has 8 nitrogen and oxygen atoms in total. The average Bonchev–Trinajstić information content (AvgIpc) is 2.79. The number of rotatable bonds is 5. The molecule has 0 saturated carbocycles. The molecule has 1 saturated heterocycles. The SMILES string of the molecule is C[C@@H]1C(=O)NN=C2COc3cc(-c4ccccc4CCO)c(N(C)C4(C)CN(C)C4)cc3N21.Cl. The van der Waals surface area contributed by atoms with Crippen molar-refractivity contribution in [2.45, 2.75) is 31.8 Å². The van der Waals surface area contributed by atoms with Gasteiger partial charge in [0.15, 0.2) is 5.84 Å². The van der Waals surface area contributed by atoms with Crippen LogP contribution in [-0.4, -0.2) is 73.7 Å². The molecule has 0 bridgehead atoms. The maximum absolute atomic E-state index is 12.4. The molecule has 182 valence electrons. The number of nitrogens with one attached hydrogen (secondary N) is 1. The van der Waals surface area contributed by atoms with Crippen molar-refractivity contribution < 1.29 is 14.6 Å². The van der Waals surface area contributed by atoms with Crippen molar-refractivity contribution >= 4 is 35.5 Å². The molecule has 34 heavy (non-hydrogen) atoms. The lowest BCUT2D eigenvalue weighted by molar-refractivity contribution is -0.122. The molecule has 1 atom stereocenters. The van der Waals surface area contributed by atoms with Gasteiger partial charge in [0.25, 0.3) is 5.91 Å². The van der Waals surface area contributed by atoms with E-state index < -0.39 is 0 Å². The fourth-order valence-corrected chi connectivity index (χ4v) is 5.30. The maximum Gasteiger partial charge on any atom is 0.262 e. The number of amides is 1. The lowest BCUT2D eigenvalue weighted by Crippen LogP contribution is -2.66. The number of benzene rings is 2. The molecular weight excluding hydrogens is 454 g/mol. The number of halogens is 1. The molecule has 1 amide bonds. The highest BCUT2D eigenvalue weighted by atomic mass is 35.5. The third-order valence-electron chi connectivity index (χ3n) is 7.11. The predicted octanol–water partition coefficient (Wildman–Crippen LogP) is 2.48. The van der Waals surface area contributed by atoms with E-state index in [1.165, 1.54) is 0 Å². The van der Waals surface area contributed by atoms with E-state index in [2.05, 4.69) is 65.6 Å². The predicted molar refractivity (Wildman–Crippen MR) is 137 cm³/mol. The zero-order chi connectivity index (χ0) is 23.3. The van der Waals surface area contributed by atoms with Gasteiger partial charge in [-0.15, -0.1) is 12.4 Å². The van der Waals surface area contributed by atoms with E-state index in [0.717, 1.165) is 46.9 Å². The van der Waals surface area contributed by atoms with Gasteiger partial charge >= 0.3 is 0 Å². The third kappa shape index (κ3) is 3.89. The first-order chi connectivity index (χ1) is 15.8. The lowest BCUT2D eigenvalue weighted by atomic mass is 9.88. The molecule has 2 aromatic carbocycles. The number of ether oxygens (including phenoxy) is 1. The lowest BCUT2D eigenvalue weighted by Gasteiger charge is -2.53. The van der Waals surface area contributed by atoms with Gasteiger partial charge in [-0.1, -0.05) is 24.3 Å². The summed E-state index contributed by atoms with van der Waals surface area (Å²) < 4.78 is 6.12. The number of likely N-dealkylation sites (tertiary alicyclic amines) is 1. The summed E-state index contributed by atoms with van der Waals surface area (Å²) in [6, 6.07) is 12.0. The summed E-state index contributed by atoms with van der Waals surface area (Å²) in [5, 5.41) is 13.9. The third-order valence-corrected chi connectivity index (χ3v) is 7.11. The Morgan fingerprint density at radius 3 is 2.71 bits per heavy atom. The molecule has 0 spiro atoms. The van der Waals surface area contributed by atoms with E-state index in [-0.39, 0.29) is 36.5 Å². The van der Waals surface area contributed by atoms with Crippen molar-refractivity contribution in [3.63, 3.8) is 0 Å². The number of anilines is 2. The quantitative estimate of drug-likeness (QED) is 0.677. The number of hydrogen-bond acceptors (Lipinski definition) is 7. The summed E-state index contributed by atoms with van der Waals surface area (Å²) in [5.74, 6) is 1.30. The number of likely N-dealkylation sites (N-methyl/N-ethyl adjacent to an activating group) is 2. The first kappa shape index (κ1) is 24.3. The number of carbonyl (C=O) groups excluding carboxylic acids is 1. The minimum atomic E-state index is -0.378. The Kier molecular flexibility index (Phi) is 6.50. The van der Waals surface area contributed by atoms with Crippen LogP contribution >= 0.6 is 12.4 Å². The van der Waals surface area contributed by atoms with Gasteiger partial charge in [0.05, 0.1) is 11.2 Å². The van der Waals surface area contributed by atoms with Gasteiger partial charge in [0.1, 0.15) is 18.4 Å². The van der Waals surface area contributed by atoms with Crippen molar-refractivity contribution in [1.82, 2.24) is 10.3 Å². The number of hydrogen-bond donors (Lipinski definition) is 2. The average molecular weight is 486 g/mol. The van der Waals surface area contributed by atoms with Gasteiger partial charge in [0, 0.05) is 38.0 Å². The van der Waals surface area contributed by atoms with Crippen molar-refractivity contribution in [1.29, 1.82) is 0 Å². The van der Waals surface area contributed by atoms with Gasteiger partial charge < -0.3 is 24.5 Å². The fraction of sp³-hybridized carbons (Fsp3) is 0.440. The Labute approximate surface area is 206 Å². The molecule has 3 aliphatic heterocycles. The van der Waals surface area contributed by atoms with Crippen LogP contribution in [0.15, 0.2) is 41.5 Å². The van der Waals surface area contributed by atoms with Gasteiger partial charge in [-0.25, -0.2) is 5.43 Å². The molecule has 5 rings (SSSR count). The minimum Gasteiger partial charge on any atom is -0.483 e. The molecule has 1 fully saturated rings. The summed E-state index contributed by atoms with van der Waals surface area (Å²) in [4.78, 5) is 19.0. The van der Waals surface area contributed by atoms with E-state index in [1.54, 1.807) is 0 Å². The first-order valence-electron chi connectivity index (χ1n) is 11.4. The minimum absolute atomic E-state index is 0. The number of carbonyl (C=O) groups is 1. The van der Waals surface area contributed by atoms with Gasteiger partial charge in [0.2, 0.25) is 0 Å².